The van der Waals surface area contributed by atoms with E-state index in [9.17, 15) is 9.59 Å². The van der Waals surface area contributed by atoms with Crippen molar-refractivity contribution >= 4 is 63.4 Å². The number of benzene rings is 3. The van der Waals surface area contributed by atoms with Crippen molar-refractivity contribution in [2.75, 3.05) is 5.75 Å². The van der Waals surface area contributed by atoms with Crippen LogP contribution < -0.4 is 5.56 Å². The van der Waals surface area contributed by atoms with E-state index in [1.807, 2.05) is 66.7 Å². The fourth-order valence-corrected chi connectivity index (χ4v) is 6.02. The van der Waals surface area contributed by atoms with E-state index in [1.54, 1.807) is 12.1 Å². The zero-order chi connectivity index (χ0) is 27.6. The molecule has 2 aromatic heterocycles. The number of halogens is 2. The van der Waals surface area contributed by atoms with Crippen molar-refractivity contribution < 1.29 is 4.79 Å². The van der Waals surface area contributed by atoms with E-state index in [4.69, 9.17) is 33.2 Å². The van der Waals surface area contributed by atoms with Crippen molar-refractivity contribution in [1.29, 1.82) is 0 Å². The molecule has 0 amide bonds. The number of pyridine rings is 1. The van der Waals surface area contributed by atoms with Gasteiger partial charge in [0.2, 0.25) is 0 Å². The number of hydrogen-bond acceptors (Lipinski definition) is 5. The van der Waals surface area contributed by atoms with E-state index in [0.29, 0.717) is 31.8 Å². The van der Waals surface area contributed by atoms with E-state index < -0.39 is 0 Å². The molecular formula is C32H23Cl2N3O2S. The van der Waals surface area contributed by atoms with Gasteiger partial charge in [-0.2, -0.15) is 0 Å². The van der Waals surface area contributed by atoms with Gasteiger partial charge in [0.1, 0.15) is 0 Å². The van der Waals surface area contributed by atoms with Crippen LogP contribution in [0.3, 0.4) is 0 Å². The SMILES string of the molecule is O=C(CSc1nc2nc3c(c(-c4ccc(Cl)cc4)c2c(=O)[nH]1)CCC/C3=C/c1ccc(Cl)cc1)c1ccccc1. The molecule has 0 bridgehead atoms. The molecule has 40 heavy (non-hydrogen) atoms. The summed E-state index contributed by atoms with van der Waals surface area (Å²) in [5.74, 6) is 0.108. The molecule has 0 aliphatic heterocycles. The number of carbonyl (C=O) groups is 1. The quantitative estimate of drug-likeness (QED) is 0.124. The van der Waals surface area contributed by atoms with Crippen LogP contribution in [0.25, 0.3) is 33.8 Å². The summed E-state index contributed by atoms with van der Waals surface area (Å²) < 4.78 is 0. The van der Waals surface area contributed by atoms with Crippen LogP contribution in [0.15, 0.2) is 88.8 Å². The average molecular weight is 585 g/mol. The van der Waals surface area contributed by atoms with Crippen molar-refractivity contribution in [3.05, 3.63) is 122 Å². The Labute approximate surface area is 245 Å². The minimum absolute atomic E-state index is 0.0400. The number of aromatic amines is 1. The molecule has 0 spiro atoms. The van der Waals surface area contributed by atoms with Gasteiger partial charge >= 0.3 is 0 Å². The fraction of sp³-hybridized carbons (Fsp3) is 0.125. The molecule has 0 radical (unpaired) electrons. The van der Waals surface area contributed by atoms with Crippen LogP contribution in [-0.4, -0.2) is 26.5 Å². The maximum atomic E-state index is 13.6. The number of allylic oxidation sites excluding steroid dienone is 1. The van der Waals surface area contributed by atoms with Crippen molar-refractivity contribution in [2.24, 2.45) is 0 Å². The second kappa shape index (κ2) is 11.4. The lowest BCUT2D eigenvalue weighted by Crippen LogP contribution is -2.16. The van der Waals surface area contributed by atoms with E-state index >= 15 is 0 Å². The van der Waals surface area contributed by atoms with Gasteiger partial charge in [-0.05, 0) is 71.9 Å². The average Bonchev–Trinajstić information content (AvgIpc) is 2.97. The number of H-pyrrole nitrogens is 1. The Morgan fingerprint density at radius 2 is 1.60 bits per heavy atom. The fourth-order valence-electron chi connectivity index (χ4n) is 5.02. The second-order valence-corrected chi connectivity index (χ2v) is 11.4. The summed E-state index contributed by atoms with van der Waals surface area (Å²) in [6, 6.07) is 24.3. The van der Waals surface area contributed by atoms with Crippen LogP contribution in [0.4, 0.5) is 0 Å². The first-order valence-electron chi connectivity index (χ1n) is 12.9. The lowest BCUT2D eigenvalue weighted by atomic mass is 9.84. The van der Waals surface area contributed by atoms with Crippen molar-refractivity contribution in [1.82, 2.24) is 15.0 Å². The number of thioether (sulfide) groups is 1. The highest BCUT2D eigenvalue weighted by Crippen LogP contribution is 2.40. The molecule has 5 aromatic rings. The largest absolute Gasteiger partial charge is 0.301 e. The summed E-state index contributed by atoms with van der Waals surface area (Å²) in [4.78, 5) is 38.9. The van der Waals surface area contributed by atoms with Gasteiger partial charge < -0.3 is 4.98 Å². The third-order valence-corrected chi connectivity index (χ3v) is 8.27. The summed E-state index contributed by atoms with van der Waals surface area (Å²) in [6.07, 6.45) is 4.70. The number of carbonyl (C=O) groups excluding carboxylic acids is 1. The first-order chi connectivity index (χ1) is 19.5. The molecule has 8 heteroatoms. The predicted octanol–water partition coefficient (Wildman–Crippen LogP) is 8.14. The van der Waals surface area contributed by atoms with Crippen LogP contribution in [0, 0.1) is 0 Å². The van der Waals surface area contributed by atoms with Gasteiger partial charge in [0.15, 0.2) is 16.6 Å². The number of hydrogen-bond donors (Lipinski definition) is 1. The van der Waals surface area contributed by atoms with Crippen molar-refractivity contribution in [3.8, 4) is 11.1 Å². The first kappa shape index (κ1) is 26.5. The summed E-state index contributed by atoms with van der Waals surface area (Å²) in [5, 5.41) is 2.09. The Morgan fingerprint density at radius 1 is 0.900 bits per heavy atom. The van der Waals surface area contributed by atoms with Gasteiger partial charge in [-0.1, -0.05) is 89.6 Å². The zero-order valence-corrected chi connectivity index (χ0v) is 23.6. The first-order valence-corrected chi connectivity index (χ1v) is 14.6. The molecular weight excluding hydrogens is 561 g/mol. The van der Waals surface area contributed by atoms with Gasteiger partial charge in [-0.25, -0.2) is 9.97 Å². The van der Waals surface area contributed by atoms with E-state index in [-0.39, 0.29) is 17.1 Å². The molecule has 1 aliphatic carbocycles. The van der Waals surface area contributed by atoms with Gasteiger partial charge in [0, 0.05) is 21.2 Å². The maximum Gasteiger partial charge on any atom is 0.261 e. The maximum absolute atomic E-state index is 13.6. The highest BCUT2D eigenvalue weighted by Gasteiger charge is 2.25. The topological polar surface area (TPSA) is 75.7 Å². The van der Waals surface area contributed by atoms with E-state index in [0.717, 1.165) is 52.8 Å². The summed E-state index contributed by atoms with van der Waals surface area (Å²) in [6.45, 7) is 0. The number of ketones is 1. The van der Waals surface area contributed by atoms with Gasteiger partial charge in [0.05, 0.1) is 16.8 Å². The minimum Gasteiger partial charge on any atom is -0.301 e. The van der Waals surface area contributed by atoms with Gasteiger partial charge in [0.25, 0.3) is 5.56 Å². The number of nitrogens with one attached hydrogen (secondary N) is 1. The molecule has 0 atom stereocenters. The Morgan fingerprint density at radius 3 is 2.33 bits per heavy atom. The molecule has 1 aliphatic rings. The molecule has 0 saturated heterocycles. The van der Waals surface area contributed by atoms with E-state index in [2.05, 4.69) is 11.1 Å². The standard InChI is InChI=1S/C32H23Cl2N3O2S/c33-23-13-9-19(10-14-23)17-22-7-4-8-25-27(21-11-15-24(34)16-12-21)28-30(35-29(22)25)36-32(37-31(28)39)40-18-26(38)20-5-2-1-3-6-20/h1-3,5-6,9-17H,4,7-8,18H2,(H,35,36,37,39)/b22-17-. The molecule has 5 nitrogen and oxygen atoms in total. The van der Waals surface area contributed by atoms with Crippen molar-refractivity contribution in [2.45, 2.75) is 24.4 Å². The molecule has 6 rings (SSSR count). The Kier molecular flexibility index (Phi) is 7.57. The Hall–Kier alpha value is -3.71. The van der Waals surface area contributed by atoms with Crippen LogP contribution in [-0.2, 0) is 6.42 Å². The zero-order valence-electron chi connectivity index (χ0n) is 21.3. The number of Topliss-reactive ketones (excluding diaryl/α,β-unsaturated/α-hetero) is 1. The molecule has 0 unspecified atom stereocenters. The number of rotatable bonds is 6. The smallest absolute Gasteiger partial charge is 0.261 e. The van der Waals surface area contributed by atoms with Gasteiger partial charge in [-0.3, -0.25) is 9.59 Å². The minimum atomic E-state index is -0.284. The molecule has 2 heterocycles. The summed E-state index contributed by atoms with van der Waals surface area (Å²) >= 11 is 13.5. The predicted molar refractivity (Wildman–Crippen MR) is 164 cm³/mol. The lowest BCUT2D eigenvalue weighted by Gasteiger charge is -2.23. The third kappa shape index (κ3) is 5.48. The van der Waals surface area contributed by atoms with Crippen LogP contribution in [0.2, 0.25) is 10.0 Å². The van der Waals surface area contributed by atoms with Crippen LogP contribution in [0.5, 0.6) is 0 Å². The highest BCUT2D eigenvalue weighted by atomic mass is 35.5. The second-order valence-electron chi connectivity index (χ2n) is 9.54. The highest BCUT2D eigenvalue weighted by molar-refractivity contribution is 7.99. The number of nitrogens with zero attached hydrogens (tertiary/aromatic N) is 2. The number of aromatic nitrogens is 3. The van der Waals surface area contributed by atoms with Crippen molar-refractivity contribution in [3.63, 3.8) is 0 Å². The third-order valence-electron chi connectivity index (χ3n) is 6.89. The Bertz CT molecular complexity index is 1820. The molecule has 0 fully saturated rings. The van der Waals surface area contributed by atoms with Crippen LogP contribution in [0.1, 0.15) is 40.0 Å². The summed E-state index contributed by atoms with van der Waals surface area (Å²) in [5.41, 5.74) is 6.36. The summed E-state index contributed by atoms with van der Waals surface area (Å²) in [7, 11) is 0. The monoisotopic (exact) mass is 583 g/mol. The lowest BCUT2D eigenvalue weighted by molar-refractivity contribution is 0.102. The molecule has 1 N–H and O–H groups in total. The number of fused-ring (bicyclic) bond motifs is 2. The Balaban J connectivity index is 1.49. The van der Waals surface area contributed by atoms with Gasteiger partial charge in [-0.15, -0.1) is 0 Å². The molecule has 198 valence electrons. The molecule has 0 saturated carbocycles. The van der Waals surface area contributed by atoms with E-state index in [1.165, 1.54) is 11.8 Å². The van der Waals surface area contributed by atoms with Crippen LogP contribution >= 0.6 is 35.0 Å². The normalized spacial score (nSPS) is 13.9. The molecule has 3 aromatic carbocycles.